The third kappa shape index (κ3) is 3.00. The van der Waals surface area contributed by atoms with Crippen molar-refractivity contribution < 1.29 is 9.21 Å². The molecule has 4 nitrogen and oxygen atoms in total. The van der Waals surface area contributed by atoms with Crippen molar-refractivity contribution in [1.82, 2.24) is 0 Å². The topological polar surface area (TPSA) is 59.5 Å². The molecule has 5 heteroatoms. The molecule has 1 aromatic carbocycles. The molecule has 0 bridgehead atoms. The van der Waals surface area contributed by atoms with Gasteiger partial charge in [-0.05, 0) is 36.4 Å². The lowest BCUT2D eigenvalue weighted by Crippen LogP contribution is -2.35. The van der Waals surface area contributed by atoms with Gasteiger partial charge in [-0.2, -0.15) is 0 Å². The highest BCUT2D eigenvalue weighted by Crippen LogP contribution is 2.20. The van der Waals surface area contributed by atoms with Crippen LogP contribution in [0, 0.1) is 0 Å². The second kappa shape index (κ2) is 5.84. The zero-order valence-corrected chi connectivity index (χ0v) is 11.3. The molecule has 1 amide bonds. The van der Waals surface area contributed by atoms with Gasteiger partial charge in [0.2, 0.25) is 5.91 Å². The minimum Gasteiger partial charge on any atom is -0.467 e. The molecule has 0 saturated carbocycles. The van der Waals surface area contributed by atoms with E-state index in [1.54, 1.807) is 17.2 Å². The number of hydrogen-bond acceptors (Lipinski definition) is 3. The van der Waals surface area contributed by atoms with Gasteiger partial charge in [0.25, 0.3) is 0 Å². The van der Waals surface area contributed by atoms with Gasteiger partial charge in [0.15, 0.2) is 0 Å². The zero-order valence-electron chi connectivity index (χ0n) is 9.67. The molecule has 0 spiro atoms. The first-order valence-electron chi connectivity index (χ1n) is 5.49. The lowest BCUT2D eigenvalue weighted by atomic mass is 10.2. The van der Waals surface area contributed by atoms with Crippen molar-refractivity contribution in [2.24, 2.45) is 5.73 Å². The van der Waals surface area contributed by atoms with Crippen molar-refractivity contribution in [2.45, 2.75) is 6.54 Å². The summed E-state index contributed by atoms with van der Waals surface area (Å²) in [6.07, 6.45) is 1.59. The molecule has 18 heavy (non-hydrogen) atoms. The summed E-state index contributed by atoms with van der Waals surface area (Å²) in [7, 11) is 0. The van der Waals surface area contributed by atoms with Crippen LogP contribution >= 0.6 is 15.9 Å². The Kier molecular flexibility index (Phi) is 4.17. The van der Waals surface area contributed by atoms with Crippen molar-refractivity contribution in [3.8, 4) is 0 Å². The molecule has 1 heterocycles. The number of nitrogens with zero attached hydrogens (tertiary/aromatic N) is 1. The molecule has 0 aliphatic heterocycles. The predicted octanol–water partition coefficient (Wildman–Crippen LogP) is 2.53. The molecule has 0 aliphatic carbocycles. The molecule has 1 aromatic heterocycles. The third-order valence-corrected chi connectivity index (χ3v) is 3.04. The fourth-order valence-corrected chi connectivity index (χ4v) is 1.88. The summed E-state index contributed by atoms with van der Waals surface area (Å²) in [5, 5.41) is 0. The molecule has 0 unspecified atom stereocenters. The Balaban J connectivity index is 2.25. The Labute approximate surface area is 114 Å². The number of anilines is 1. The number of amides is 1. The Bertz CT molecular complexity index is 508. The molecule has 0 fully saturated rings. The molecule has 0 radical (unpaired) electrons. The predicted molar refractivity (Wildman–Crippen MR) is 73.1 cm³/mol. The SMILES string of the molecule is NCC(=O)N(Cc1ccco1)c1ccc(Br)cc1. The van der Waals surface area contributed by atoms with E-state index in [0.717, 1.165) is 15.9 Å². The van der Waals surface area contributed by atoms with Crippen molar-refractivity contribution in [2.75, 3.05) is 11.4 Å². The van der Waals surface area contributed by atoms with Crippen LogP contribution in [0.2, 0.25) is 0 Å². The van der Waals surface area contributed by atoms with E-state index < -0.39 is 0 Å². The maximum Gasteiger partial charge on any atom is 0.241 e. The van der Waals surface area contributed by atoms with Crippen LogP contribution in [-0.2, 0) is 11.3 Å². The first-order valence-corrected chi connectivity index (χ1v) is 6.28. The van der Waals surface area contributed by atoms with Crippen LogP contribution in [0.1, 0.15) is 5.76 Å². The Hall–Kier alpha value is -1.59. The lowest BCUT2D eigenvalue weighted by Gasteiger charge is -2.21. The summed E-state index contributed by atoms with van der Waals surface area (Å²) >= 11 is 3.36. The molecular weight excluding hydrogens is 296 g/mol. The average Bonchev–Trinajstić information content (AvgIpc) is 2.89. The fraction of sp³-hybridized carbons (Fsp3) is 0.154. The monoisotopic (exact) mass is 308 g/mol. The Morgan fingerprint density at radius 1 is 1.28 bits per heavy atom. The van der Waals surface area contributed by atoms with Crippen LogP contribution in [0.25, 0.3) is 0 Å². The number of benzene rings is 1. The maximum absolute atomic E-state index is 11.9. The van der Waals surface area contributed by atoms with Crippen molar-refractivity contribution in [3.63, 3.8) is 0 Å². The molecule has 2 aromatic rings. The Morgan fingerprint density at radius 3 is 2.56 bits per heavy atom. The largest absolute Gasteiger partial charge is 0.467 e. The van der Waals surface area contributed by atoms with Crippen molar-refractivity contribution in [1.29, 1.82) is 0 Å². The van der Waals surface area contributed by atoms with Gasteiger partial charge in [0.1, 0.15) is 5.76 Å². The van der Waals surface area contributed by atoms with E-state index in [4.69, 9.17) is 10.2 Å². The normalized spacial score (nSPS) is 10.3. The van der Waals surface area contributed by atoms with Crippen LogP contribution in [-0.4, -0.2) is 12.5 Å². The van der Waals surface area contributed by atoms with E-state index in [1.165, 1.54) is 0 Å². The van der Waals surface area contributed by atoms with Gasteiger partial charge >= 0.3 is 0 Å². The Morgan fingerprint density at radius 2 is 2.00 bits per heavy atom. The smallest absolute Gasteiger partial charge is 0.241 e. The molecule has 2 N–H and O–H groups in total. The van der Waals surface area contributed by atoms with Crippen LogP contribution in [0.4, 0.5) is 5.69 Å². The maximum atomic E-state index is 11.9. The van der Waals surface area contributed by atoms with Crippen molar-refractivity contribution >= 4 is 27.5 Å². The first kappa shape index (κ1) is 12.9. The van der Waals surface area contributed by atoms with E-state index in [1.807, 2.05) is 30.3 Å². The zero-order chi connectivity index (χ0) is 13.0. The van der Waals surface area contributed by atoms with Crippen LogP contribution in [0.5, 0.6) is 0 Å². The molecular formula is C13H13BrN2O2. The van der Waals surface area contributed by atoms with E-state index >= 15 is 0 Å². The van der Waals surface area contributed by atoms with Gasteiger partial charge in [-0.3, -0.25) is 4.79 Å². The molecule has 94 valence electrons. The van der Waals surface area contributed by atoms with Crippen LogP contribution in [0.3, 0.4) is 0 Å². The number of furan rings is 1. The number of carbonyl (C=O) groups excluding carboxylic acids is 1. The van der Waals surface area contributed by atoms with E-state index in [9.17, 15) is 4.79 Å². The summed E-state index contributed by atoms with van der Waals surface area (Å²) in [5.41, 5.74) is 6.23. The number of hydrogen-bond donors (Lipinski definition) is 1. The number of halogens is 1. The third-order valence-electron chi connectivity index (χ3n) is 2.51. The van der Waals surface area contributed by atoms with Gasteiger partial charge in [-0.1, -0.05) is 15.9 Å². The van der Waals surface area contributed by atoms with E-state index in [2.05, 4.69) is 15.9 Å². The standard InChI is InChI=1S/C13H13BrN2O2/c14-10-3-5-11(6-4-10)16(13(17)8-15)9-12-2-1-7-18-12/h1-7H,8-9,15H2. The van der Waals surface area contributed by atoms with Gasteiger partial charge < -0.3 is 15.1 Å². The summed E-state index contributed by atoms with van der Waals surface area (Å²) in [4.78, 5) is 13.5. The molecule has 0 atom stereocenters. The first-order chi connectivity index (χ1) is 8.70. The summed E-state index contributed by atoms with van der Waals surface area (Å²) in [6, 6.07) is 11.1. The van der Waals surface area contributed by atoms with Gasteiger partial charge in [-0.25, -0.2) is 0 Å². The highest BCUT2D eigenvalue weighted by molar-refractivity contribution is 9.10. The van der Waals surface area contributed by atoms with Crippen LogP contribution in [0.15, 0.2) is 51.6 Å². The highest BCUT2D eigenvalue weighted by Gasteiger charge is 2.15. The minimum absolute atomic E-state index is 0.0310. The molecule has 0 saturated heterocycles. The van der Waals surface area contributed by atoms with Gasteiger partial charge in [0.05, 0.1) is 19.4 Å². The highest BCUT2D eigenvalue weighted by atomic mass is 79.9. The van der Waals surface area contributed by atoms with Gasteiger partial charge in [0, 0.05) is 10.2 Å². The number of rotatable bonds is 4. The van der Waals surface area contributed by atoms with E-state index in [-0.39, 0.29) is 12.5 Å². The summed E-state index contributed by atoms with van der Waals surface area (Å²) in [5.74, 6) is 0.577. The number of nitrogens with two attached hydrogens (primary N) is 1. The minimum atomic E-state index is -0.145. The molecule has 2 rings (SSSR count). The van der Waals surface area contributed by atoms with Crippen molar-refractivity contribution in [3.05, 3.63) is 52.9 Å². The quantitative estimate of drug-likeness (QED) is 0.944. The summed E-state index contributed by atoms with van der Waals surface area (Å²) in [6.45, 7) is 0.349. The second-order valence-corrected chi connectivity index (χ2v) is 4.66. The lowest BCUT2D eigenvalue weighted by molar-refractivity contribution is -0.117. The van der Waals surface area contributed by atoms with Gasteiger partial charge in [-0.15, -0.1) is 0 Å². The average molecular weight is 309 g/mol. The van der Waals surface area contributed by atoms with E-state index in [0.29, 0.717) is 6.54 Å². The molecule has 0 aliphatic rings. The second-order valence-electron chi connectivity index (χ2n) is 3.74. The summed E-state index contributed by atoms with van der Waals surface area (Å²) < 4.78 is 6.22. The van der Waals surface area contributed by atoms with Crippen LogP contribution < -0.4 is 10.6 Å². The fourth-order valence-electron chi connectivity index (χ4n) is 1.61. The number of carbonyl (C=O) groups is 1.